The Hall–Kier alpha value is -1.74. The van der Waals surface area contributed by atoms with Gasteiger partial charge in [0, 0.05) is 12.1 Å². The number of benzene rings is 2. The maximum Gasteiger partial charge on any atom is 0.130 e. The number of hydrogen-bond acceptors (Lipinski definition) is 1. The molecule has 0 aliphatic heterocycles. The molecule has 0 spiro atoms. The van der Waals surface area contributed by atoms with Gasteiger partial charge in [-0.2, -0.15) is 0 Å². The van der Waals surface area contributed by atoms with E-state index in [1.54, 1.807) is 6.54 Å². The van der Waals surface area contributed by atoms with Crippen molar-refractivity contribution >= 4 is 0 Å². The van der Waals surface area contributed by atoms with Crippen LogP contribution in [-0.2, 0) is 6.54 Å². The highest BCUT2D eigenvalue weighted by molar-refractivity contribution is 5.23. The van der Waals surface area contributed by atoms with Crippen LogP contribution in [0.4, 0.5) is 8.78 Å². The molecule has 17 heavy (non-hydrogen) atoms. The van der Waals surface area contributed by atoms with E-state index in [4.69, 9.17) is 0 Å². The normalized spacial score (nSPS) is 10.5. The monoisotopic (exact) mass is 232 g/mol. The summed E-state index contributed by atoms with van der Waals surface area (Å²) in [6.45, 7) is 1.86. The molecule has 0 aromatic heterocycles. The number of halogens is 2. The maximum absolute atomic E-state index is 13.3. The molecule has 0 fully saturated rings. The van der Waals surface area contributed by atoms with Crippen LogP contribution < -0.4 is 5.32 Å². The van der Waals surface area contributed by atoms with Gasteiger partial charge < -0.3 is 5.32 Å². The zero-order chi connectivity index (χ0) is 12.1. The van der Waals surface area contributed by atoms with E-state index in [1.807, 2.05) is 30.3 Å². The average molecular weight is 232 g/mol. The first-order valence-electron chi connectivity index (χ1n) is 5.32. The van der Waals surface area contributed by atoms with Crippen LogP contribution in [0.5, 0.6) is 0 Å². The molecule has 1 radical (unpaired) electrons. The average Bonchev–Trinajstić information content (AvgIpc) is 2.34. The summed E-state index contributed by atoms with van der Waals surface area (Å²) in [7, 11) is 0. The summed E-state index contributed by atoms with van der Waals surface area (Å²) in [5, 5.41) is 2.89. The lowest BCUT2D eigenvalue weighted by Crippen LogP contribution is -2.13. The molecule has 1 nitrogen and oxygen atoms in total. The molecule has 2 aromatic rings. The van der Waals surface area contributed by atoms with Crippen LogP contribution in [0.25, 0.3) is 0 Å². The van der Waals surface area contributed by atoms with Crippen LogP contribution in [0.15, 0.2) is 48.5 Å². The van der Waals surface area contributed by atoms with Gasteiger partial charge in [-0.3, -0.25) is 0 Å². The van der Waals surface area contributed by atoms with Crippen LogP contribution in [0, 0.1) is 18.2 Å². The van der Waals surface area contributed by atoms with Gasteiger partial charge in [0.2, 0.25) is 0 Å². The summed E-state index contributed by atoms with van der Waals surface area (Å²) in [5.74, 6) is -1.06. The van der Waals surface area contributed by atoms with Crippen LogP contribution in [0.3, 0.4) is 0 Å². The van der Waals surface area contributed by atoms with Crippen LogP contribution >= 0.6 is 0 Å². The Labute approximate surface area is 99.1 Å². The molecule has 0 aliphatic rings. The fourth-order valence-electron chi connectivity index (χ4n) is 1.52. The molecule has 2 aromatic carbocycles. The third-order valence-corrected chi connectivity index (χ3v) is 2.41. The van der Waals surface area contributed by atoms with Gasteiger partial charge in [0.1, 0.15) is 11.6 Å². The van der Waals surface area contributed by atoms with Gasteiger partial charge in [0.15, 0.2) is 0 Å². The lowest BCUT2D eigenvalue weighted by Gasteiger charge is -2.06. The third-order valence-electron chi connectivity index (χ3n) is 2.41. The van der Waals surface area contributed by atoms with Crippen molar-refractivity contribution in [3.05, 3.63) is 77.8 Å². The molecule has 1 N–H and O–H groups in total. The zero-order valence-electron chi connectivity index (χ0n) is 9.16. The molecule has 0 bridgehead atoms. The molecule has 0 heterocycles. The molecule has 0 saturated heterocycles. The molecular formula is C14H12F2N. The van der Waals surface area contributed by atoms with Gasteiger partial charge in [-0.1, -0.05) is 36.4 Å². The minimum atomic E-state index is -0.529. The standard InChI is InChI=1S/C14H12F2N/c15-13-7-4-8-14(16)12(13)10-17-9-11-5-2-1-3-6-11/h1-9,17H,10H2. The fourth-order valence-corrected chi connectivity index (χ4v) is 1.52. The van der Waals surface area contributed by atoms with E-state index < -0.39 is 11.6 Å². The zero-order valence-corrected chi connectivity index (χ0v) is 9.16. The highest BCUT2D eigenvalue weighted by atomic mass is 19.1. The first-order valence-corrected chi connectivity index (χ1v) is 5.32. The highest BCUT2D eigenvalue weighted by Crippen LogP contribution is 2.12. The van der Waals surface area contributed by atoms with Crippen LogP contribution in [0.2, 0.25) is 0 Å². The van der Waals surface area contributed by atoms with E-state index in [1.165, 1.54) is 18.2 Å². The van der Waals surface area contributed by atoms with E-state index in [9.17, 15) is 8.78 Å². The van der Waals surface area contributed by atoms with Gasteiger partial charge in [-0.15, -0.1) is 0 Å². The van der Waals surface area contributed by atoms with Crippen molar-refractivity contribution < 1.29 is 8.78 Å². The van der Waals surface area contributed by atoms with Crippen molar-refractivity contribution in [1.82, 2.24) is 5.32 Å². The van der Waals surface area contributed by atoms with Crippen molar-refractivity contribution in [2.24, 2.45) is 0 Å². The predicted octanol–water partition coefficient (Wildman–Crippen LogP) is 3.26. The van der Waals surface area contributed by atoms with Gasteiger partial charge >= 0.3 is 0 Å². The number of nitrogens with one attached hydrogen (secondary N) is 1. The topological polar surface area (TPSA) is 12.0 Å². The lowest BCUT2D eigenvalue weighted by molar-refractivity contribution is 0.546. The summed E-state index contributed by atoms with van der Waals surface area (Å²) in [6, 6.07) is 13.4. The van der Waals surface area contributed by atoms with Gasteiger partial charge in [-0.05, 0) is 17.7 Å². The second-order valence-electron chi connectivity index (χ2n) is 3.64. The van der Waals surface area contributed by atoms with Gasteiger partial charge in [0.25, 0.3) is 0 Å². The van der Waals surface area contributed by atoms with Gasteiger partial charge in [-0.25, -0.2) is 8.78 Å². The van der Waals surface area contributed by atoms with Crippen LogP contribution in [-0.4, -0.2) is 0 Å². The summed E-state index contributed by atoms with van der Waals surface area (Å²) in [5.41, 5.74) is 1.02. The van der Waals surface area contributed by atoms with E-state index >= 15 is 0 Å². The predicted molar refractivity (Wildman–Crippen MR) is 63.0 cm³/mol. The van der Waals surface area contributed by atoms with Crippen molar-refractivity contribution in [1.29, 1.82) is 0 Å². The first kappa shape index (κ1) is 11.7. The second kappa shape index (κ2) is 5.55. The molecule has 0 aliphatic carbocycles. The quantitative estimate of drug-likeness (QED) is 0.853. The van der Waals surface area contributed by atoms with E-state index in [0.717, 1.165) is 5.56 Å². The second-order valence-corrected chi connectivity index (χ2v) is 3.64. The third kappa shape index (κ3) is 3.11. The maximum atomic E-state index is 13.3. The molecule has 0 unspecified atom stereocenters. The highest BCUT2D eigenvalue weighted by Gasteiger charge is 2.07. The van der Waals surface area contributed by atoms with Crippen molar-refractivity contribution in [3.8, 4) is 0 Å². The smallest absolute Gasteiger partial charge is 0.130 e. The summed E-state index contributed by atoms with van der Waals surface area (Å²) < 4.78 is 26.6. The largest absolute Gasteiger partial charge is 0.304 e. The number of hydrogen-bond donors (Lipinski definition) is 1. The summed E-state index contributed by atoms with van der Waals surface area (Å²) in [4.78, 5) is 0. The Bertz CT molecular complexity index is 463. The molecule has 0 amide bonds. The molecule has 3 heteroatoms. The SMILES string of the molecule is Fc1cccc(F)c1CN[CH]c1ccccc1. The molecule has 0 atom stereocenters. The van der Waals surface area contributed by atoms with Crippen molar-refractivity contribution in [2.45, 2.75) is 6.54 Å². The summed E-state index contributed by atoms with van der Waals surface area (Å²) >= 11 is 0. The molecule has 0 saturated carbocycles. The Morgan fingerprint density at radius 2 is 1.53 bits per heavy atom. The first-order chi connectivity index (χ1) is 8.27. The van der Waals surface area contributed by atoms with E-state index in [0.29, 0.717) is 0 Å². The lowest BCUT2D eigenvalue weighted by atomic mass is 10.2. The molecule has 87 valence electrons. The van der Waals surface area contributed by atoms with Crippen molar-refractivity contribution in [2.75, 3.05) is 0 Å². The molecular weight excluding hydrogens is 220 g/mol. The fraction of sp³-hybridized carbons (Fsp3) is 0.0714. The Morgan fingerprint density at radius 1 is 0.882 bits per heavy atom. The molecule has 2 rings (SSSR count). The minimum absolute atomic E-state index is 0.0553. The van der Waals surface area contributed by atoms with E-state index in [2.05, 4.69) is 5.32 Å². The summed E-state index contributed by atoms with van der Waals surface area (Å²) in [6.07, 6.45) is 0. The van der Waals surface area contributed by atoms with Gasteiger partial charge in [0.05, 0.1) is 6.54 Å². The van der Waals surface area contributed by atoms with E-state index in [-0.39, 0.29) is 12.1 Å². The Morgan fingerprint density at radius 3 is 2.18 bits per heavy atom. The van der Waals surface area contributed by atoms with Crippen LogP contribution in [0.1, 0.15) is 11.1 Å². The minimum Gasteiger partial charge on any atom is -0.304 e. The number of rotatable bonds is 4. The van der Waals surface area contributed by atoms with Crippen molar-refractivity contribution in [3.63, 3.8) is 0 Å². The Balaban J connectivity index is 1.95. The Kier molecular flexibility index (Phi) is 3.83.